The van der Waals surface area contributed by atoms with Crippen molar-refractivity contribution in [3.63, 3.8) is 0 Å². The molecule has 0 bridgehead atoms. The molecule has 122 valence electrons. The second-order valence-corrected chi connectivity index (χ2v) is 7.06. The van der Waals surface area contributed by atoms with Crippen molar-refractivity contribution in [1.82, 2.24) is 5.32 Å². The van der Waals surface area contributed by atoms with Crippen molar-refractivity contribution in [3.05, 3.63) is 35.9 Å². The minimum atomic E-state index is -0.130. The molecule has 0 spiro atoms. The fourth-order valence-electron chi connectivity index (χ4n) is 2.09. The maximum absolute atomic E-state index is 12.4. The maximum atomic E-state index is 12.4. The van der Waals surface area contributed by atoms with E-state index >= 15 is 0 Å². The van der Waals surface area contributed by atoms with Gasteiger partial charge in [-0.1, -0.05) is 71.9 Å². The molecule has 3 heteroatoms. The summed E-state index contributed by atoms with van der Waals surface area (Å²) in [5.41, 5.74) is 1.22. The molecule has 0 aliphatic heterocycles. The molecule has 0 saturated carbocycles. The first-order chi connectivity index (χ1) is 9.97. The number of hydrogen-bond acceptors (Lipinski definition) is 3. The Kier molecular flexibility index (Phi) is 10.4. The van der Waals surface area contributed by atoms with Crippen LogP contribution in [0.1, 0.15) is 53.8 Å². The van der Waals surface area contributed by atoms with Gasteiger partial charge in [-0.05, 0) is 17.9 Å². The van der Waals surface area contributed by atoms with E-state index in [2.05, 4.69) is 31.3 Å². The summed E-state index contributed by atoms with van der Waals surface area (Å²) in [5, 5.41) is 3.87. The van der Waals surface area contributed by atoms with Crippen molar-refractivity contribution in [2.75, 3.05) is 7.05 Å². The Morgan fingerprint density at radius 1 is 1.10 bits per heavy atom. The van der Waals surface area contributed by atoms with Gasteiger partial charge in [0.25, 0.3) is 0 Å². The Morgan fingerprint density at radius 2 is 1.62 bits per heavy atom. The van der Waals surface area contributed by atoms with Gasteiger partial charge in [0.1, 0.15) is 0 Å². The number of hydrogen-bond donors (Lipinski definition) is 1. The first-order valence-corrected chi connectivity index (χ1v) is 8.83. The van der Waals surface area contributed by atoms with E-state index in [9.17, 15) is 4.79 Å². The summed E-state index contributed by atoms with van der Waals surface area (Å²) in [4.78, 5) is 12.4. The molecule has 0 aliphatic carbocycles. The van der Waals surface area contributed by atoms with Gasteiger partial charge >= 0.3 is 0 Å². The molecule has 0 amide bonds. The lowest BCUT2D eigenvalue weighted by Gasteiger charge is -2.28. The quantitative estimate of drug-likeness (QED) is 0.772. The summed E-state index contributed by atoms with van der Waals surface area (Å²) < 4.78 is 0. The van der Waals surface area contributed by atoms with Gasteiger partial charge < -0.3 is 5.32 Å². The summed E-state index contributed by atoms with van der Waals surface area (Å²) in [6, 6.07) is 10.2. The molecule has 1 aromatic carbocycles. The van der Waals surface area contributed by atoms with Crippen molar-refractivity contribution in [1.29, 1.82) is 0 Å². The zero-order chi connectivity index (χ0) is 16.4. The predicted molar refractivity (Wildman–Crippen MR) is 98.1 cm³/mol. The Labute approximate surface area is 136 Å². The van der Waals surface area contributed by atoms with E-state index in [1.54, 1.807) is 0 Å². The van der Waals surface area contributed by atoms with Crippen LogP contribution in [0, 0.1) is 5.92 Å². The minimum Gasteiger partial charge on any atom is -0.309 e. The van der Waals surface area contributed by atoms with Crippen LogP contribution in [0.4, 0.5) is 0 Å². The van der Waals surface area contributed by atoms with Gasteiger partial charge in [0.05, 0.1) is 11.3 Å². The van der Waals surface area contributed by atoms with E-state index in [1.807, 2.05) is 64.7 Å². The highest BCUT2D eigenvalue weighted by molar-refractivity contribution is 8.00. The van der Waals surface area contributed by atoms with Gasteiger partial charge in [0, 0.05) is 7.34 Å². The van der Waals surface area contributed by atoms with Gasteiger partial charge in [-0.25, -0.2) is 0 Å². The third-order valence-corrected chi connectivity index (χ3v) is 4.42. The highest BCUT2D eigenvalue weighted by atomic mass is 32.2. The molecule has 0 aromatic heterocycles. The Balaban J connectivity index is 0. The van der Waals surface area contributed by atoms with Crippen LogP contribution >= 0.6 is 11.8 Å². The van der Waals surface area contributed by atoms with Crippen molar-refractivity contribution >= 4 is 17.5 Å². The van der Waals surface area contributed by atoms with Crippen LogP contribution < -0.4 is 5.32 Å². The zero-order valence-corrected chi connectivity index (χ0v) is 15.3. The smallest absolute Gasteiger partial charge is 0.153 e. The fourth-order valence-corrected chi connectivity index (χ4v) is 3.42. The van der Waals surface area contributed by atoms with E-state index in [0.29, 0.717) is 5.25 Å². The molecular weight excluding hydrogens is 278 g/mol. The van der Waals surface area contributed by atoms with Gasteiger partial charge in [-0.3, -0.25) is 4.79 Å². The largest absolute Gasteiger partial charge is 0.309 e. The normalized spacial score (nSPS) is 13.6. The molecule has 21 heavy (non-hydrogen) atoms. The monoisotopic (exact) mass is 311 g/mol. The molecule has 1 aromatic rings. The summed E-state index contributed by atoms with van der Waals surface area (Å²) in [6.07, 6.45) is 0. The molecule has 2 atom stereocenters. The van der Waals surface area contributed by atoms with Gasteiger partial charge in [0.15, 0.2) is 5.78 Å². The fraction of sp³-hybridized carbons (Fsp3) is 0.611. The topological polar surface area (TPSA) is 29.1 Å². The molecule has 0 radical (unpaired) electrons. The van der Waals surface area contributed by atoms with Crippen LogP contribution in [0.15, 0.2) is 30.3 Å². The summed E-state index contributed by atoms with van der Waals surface area (Å²) in [6.45, 7) is 12.3. The summed E-state index contributed by atoms with van der Waals surface area (Å²) >= 11 is 1.85. The lowest BCUT2D eigenvalue weighted by molar-refractivity contribution is -0.123. The number of carbonyl (C=O) groups excluding carboxylic acids is 1. The third-order valence-electron chi connectivity index (χ3n) is 3.04. The number of rotatable bonds is 7. The Morgan fingerprint density at radius 3 is 2.00 bits per heavy atom. The SMILES string of the molecule is CC.CNC(C(=O)C(C)C)C(SC(C)C)c1ccccc1.[HH]. The van der Waals surface area contributed by atoms with E-state index in [-0.39, 0.29) is 24.4 Å². The van der Waals surface area contributed by atoms with Crippen LogP contribution in [0.3, 0.4) is 0 Å². The lowest BCUT2D eigenvalue weighted by Crippen LogP contribution is -2.41. The minimum absolute atomic E-state index is 0. The molecule has 0 heterocycles. The first kappa shape index (κ1) is 20.2. The molecule has 1 rings (SSSR count). The highest BCUT2D eigenvalue weighted by Crippen LogP contribution is 2.36. The van der Waals surface area contributed by atoms with E-state index < -0.39 is 0 Å². The molecule has 1 N–H and O–H groups in total. The number of likely N-dealkylation sites (N-methyl/N-ethyl adjacent to an activating group) is 1. The molecule has 0 aliphatic rings. The van der Waals surface area contributed by atoms with Crippen molar-refractivity contribution in [3.8, 4) is 0 Å². The van der Waals surface area contributed by atoms with Crippen molar-refractivity contribution < 1.29 is 6.22 Å². The number of thioether (sulfide) groups is 1. The molecule has 2 unspecified atom stereocenters. The Bertz CT molecular complexity index is 395. The molecule has 0 saturated heterocycles. The number of benzene rings is 1. The van der Waals surface area contributed by atoms with Crippen LogP contribution in [0.2, 0.25) is 0 Å². The van der Waals surface area contributed by atoms with Crippen LogP contribution in [0.5, 0.6) is 0 Å². The third kappa shape index (κ3) is 6.66. The predicted octanol–water partition coefficient (Wildman–Crippen LogP) is 4.95. The number of nitrogens with one attached hydrogen (secondary N) is 1. The zero-order valence-electron chi connectivity index (χ0n) is 14.5. The van der Waals surface area contributed by atoms with Crippen molar-refractivity contribution in [2.24, 2.45) is 5.92 Å². The van der Waals surface area contributed by atoms with Crippen LogP contribution in [-0.2, 0) is 4.79 Å². The average molecular weight is 312 g/mol. The highest BCUT2D eigenvalue weighted by Gasteiger charge is 2.30. The molecular formula is C18H33NOS. The van der Waals surface area contributed by atoms with Gasteiger partial charge in [-0.2, -0.15) is 0 Å². The lowest BCUT2D eigenvalue weighted by atomic mass is 9.95. The summed E-state index contributed by atoms with van der Waals surface area (Å²) in [5.74, 6) is 0.334. The second kappa shape index (κ2) is 10.9. The van der Waals surface area contributed by atoms with E-state index in [4.69, 9.17) is 0 Å². The van der Waals surface area contributed by atoms with Gasteiger partial charge in [0.2, 0.25) is 0 Å². The maximum Gasteiger partial charge on any atom is 0.153 e. The first-order valence-electron chi connectivity index (χ1n) is 7.88. The van der Waals surface area contributed by atoms with Crippen LogP contribution in [-0.4, -0.2) is 24.1 Å². The average Bonchev–Trinajstić information content (AvgIpc) is 2.49. The van der Waals surface area contributed by atoms with E-state index in [0.717, 1.165) is 0 Å². The standard InChI is InChI=1S/C16H25NOS.C2H6.H2/c1-11(2)15(18)14(17-5)16(19-12(3)4)13-9-7-6-8-10-13;1-2;/h6-12,14,16-17H,1-5H3;1-2H3;1H. The second-order valence-electron chi connectivity index (χ2n) is 5.34. The van der Waals surface area contributed by atoms with E-state index in [1.165, 1.54) is 5.56 Å². The number of carbonyl (C=O) groups is 1. The number of ketones is 1. The summed E-state index contributed by atoms with van der Waals surface area (Å²) in [7, 11) is 1.88. The van der Waals surface area contributed by atoms with Crippen molar-refractivity contribution in [2.45, 2.75) is 58.1 Å². The Hall–Kier alpha value is -0.800. The van der Waals surface area contributed by atoms with Gasteiger partial charge in [-0.15, -0.1) is 11.8 Å². The molecule has 2 nitrogen and oxygen atoms in total. The number of Topliss-reactive ketones (excluding diaryl/α,β-unsaturated/α-hetero) is 1. The molecule has 0 fully saturated rings. The van der Waals surface area contributed by atoms with Crippen LogP contribution in [0.25, 0.3) is 0 Å².